The van der Waals surface area contributed by atoms with Crippen LogP contribution in [0.1, 0.15) is 44.6 Å². The van der Waals surface area contributed by atoms with E-state index in [1.807, 2.05) is 24.4 Å². The van der Waals surface area contributed by atoms with Crippen molar-refractivity contribution in [3.05, 3.63) is 36.0 Å². The van der Waals surface area contributed by atoms with Gasteiger partial charge in [0.05, 0.1) is 0 Å². The van der Waals surface area contributed by atoms with E-state index in [9.17, 15) is 4.79 Å². The lowest BCUT2D eigenvalue weighted by Crippen LogP contribution is -2.51. The van der Waals surface area contributed by atoms with E-state index in [0.717, 1.165) is 17.5 Å². The molecule has 0 spiro atoms. The summed E-state index contributed by atoms with van der Waals surface area (Å²) in [6.45, 7) is 2.25. The topological polar surface area (TPSA) is 68.9 Å². The minimum atomic E-state index is -0.0638. The molecule has 2 aromatic rings. The maximum Gasteiger partial charge on any atom is 0.238 e. The first kappa shape index (κ1) is 17.7. The van der Waals surface area contributed by atoms with Crippen LogP contribution in [-0.2, 0) is 11.2 Å². The lowest BCUT2D eigenvalue weighted by atomic mass is 9.86. The molecule has 1 aromatic heterocycles. The lowest BCUT2D eigenvalue weighted by Gasteiger charge is -2.30. The number of rotatable bonds is 4. The highest BCUT2D eigenvalue weighted by atomic mass is 32.1. The molecule has 2 atom stereocenters. The first-order chi connectivity index (χ1) is 12.1. The van der Waals surface area contributed by atoms with Gasteiger partial charge < -0.3 is 10.3 Å². The van der Waals surface area contributed by atoms with Gasteiger partial charge in [-0.2, -0.15) is 0 Å². The number of hydrogen-bond donors (Lipinski definition) is 4. The minimum absolute atomic E-state index is 0.0638. The summed E-state index contributed by atoms with van der Waals surface area (Å²) in [5, 5.41) is 4.99. The van der Waals surface area contributed by atoms with Crippen LogP contribution in [0.2, 0.25) is 0 Å². The second-order valence-corrected chi connectivity index (χ2v) is 7.28. The van der Waals surface area contributed by atoms with Crippen LogP contribution >= 0.6 is 12.2 Å². The molecule has 1 heterocycles. The van der Waals surface area contributed by atoms with Crippen molar-refractivity contribution in [2.45, 2.75) is 51.5 Å². The average Bonchev–Trinajstić information content (AvgIpc) is 3.03. The Morgan fingerprint density at radius 3 is 2.88 bits per heavy atom. The number of aromatic nitrogens is 1. The van der Waals surface area contributed by atoms with Crippen LogP contribution in [0.5, 0.6) is 0 Å². The zero-order chi connectivity index (χ0) is 17.6. The van der Waals surface area contributed by atoms with Gasteiger partial charge in [0.15, 0.2) is 5.11 Å². The van der Waals surface area contributed by atoms with Crippen LogP contribution in [0.3, 0.4) is 0 Å². The standard InChI is InChI=1S/C19H26N4OS/c1-13-6-2-4-8-16(13)21-19(25)23-22-18(24)11-10-14-12-20-17-9-5-3-7-15(14)17/h3,5,7,9,12-13,16,20H,2,4,6,8,10-11H2,1H3,(H,22,24)(H2,21,23,25)/t13-,16-/m1/s1. The number of aromatic amines is 1. The summed E-state index contributed by atoms with van der Waals surface area (Å²) in [6.07, 6.45) is 7.98. The third kappa shape index (κ3) is 4.72. The third-order valence-electron chi connectivity index (χ3n) is 5.04. The Morgan fingerprint density at radius 1 is 1.24 bits per heavy atom. The summed E-state index contributed by atoms with van der Waals surface area (Å²) < 4.78 is 0. The van der Waals surface area contributed by atoms with Crippen LogP contribution in [0, 0.1) is 5.92 Å². The molecular formula is C19H26N4OS. The van der Waals surface area contributed by atoms with Crippen molar-refractivity contribution in [3.63, 3.8) is 0 Å². The number of nitrogens with one attached hydrogen (secondary N) is 4. The Kier molecular flexibility index (Phi) is 5.91. The number of thiocarbonyl (C=S) groups is 1. The molecule has 0 saturated heterocycles. The van der Waals surface area contributed by atoms with Gasteiger partial charge in [0.25, 0.3) is 0 Å². The number of benzene rings is 1. The smallest absolute Gasteiger partial charge is 0.238 e. The summed E-state index contributed by atoms with van der Waals surface area (Å²) in [7, 11) is 0. The predicted octanol–water partition coefficient (Wildman–Crippen LogP) is 3.17. The van der Waals surface area contributed by atoms with Crippen LogP contribution in [0.4, 0.5) is 0 Å². The highest BCUT2D eigenvalue weighted by Gasteiger charge is 2.21. The van der Waals surface area contributed by atoms with E-state index in [0.29, 0.717) is 29.9 Å². The Morgan fingerprint density at radius 2 is 2.04 bits per heavy atom. The molecule has 1 fully saturated rings. The monoisotopic (exact) mass is 358 g/mol. The van der Waals surface area contributed by atoms with E-state index in [1.165, 1.54) is 24.6 Å². The third-order valence-corrected chi connectivity index (χ3v) is 5.26. The number of para-hydroxylation sites is 1. The number of amides is 1. The molecule has 5 nitrogen and oxygen atoms in total. The number of fused-ring (bicyclic) bond motifs is 1. The predicted molar refractivity (Wildman–Crippen MR) is 105 cm³/mol. The maximum absolute atomic E-state index is 12.1. The van der Waals surface area contributed by atoms with Gasteiger partial charge in [-0.1, -0.05) is 38.0 Å². The SMILES string of the molecule is C[C@@H]1CCCC[C@H]1NC(=S)NNC(=O)CCc1c[nH]c2ccccc12. The molecule has 4 N–H and O–H groups in total. The molecule has 25 heavy (non-hydrogen) atoms. The molecule has 0 radical (unpaired) electrons. The molecule has 1 aliphatic carbocycles. The molecule has 0 aliphatic heterocycles. The van der Waals surface area contributed by atoms with E-state index in [4.69, 9.17) is 12.2 Å². The van der Waals surface area contributed by atoms with Crippen molar-refractivity contribution in [2.24, 2.45) is 5.92 Å². The summed E-state index contributed by atoms with van der Waals surface area (Å²) in [5.74, 6) is 0.553. The number of carbonyl (C=O) groups is 1. The summed E-state index contributed by atoms with van der Waals surface area (Å²) >= 11 is 5.29. The minimum Gasteiger partial charge on any atom is -0.361 e. The first-order valence-corrected chi connectivity index (χ1v) is 9.44. The maximum atomic E-state index is 12.1. The van der Waals surface area contributed by atoms with Crippen molar-refractivity contribution in [3.8, 4) is 0 Å². The molecule has 1 amide bonds. The summed E-state index contributed by atoms with van der Waals surface area (Å²) in [4.78, 5) is 15.3. The van der Waals surface area contributed by atoms with Crippen LogP contribution in [0.15, 0.2) is 30.5 Å². The van der Waals surface area contributed by atoms with Crippen LogP contribution in [0.25, 0.3) is 10.9 Å². The highest BCUT2D eigenvalue weighted by molar-refractivity contribution is 7.80. The van der Waals surface area contributed by atoms with Crippen molar-refractivity contribution in [1.29, 1.82) is 0 Å². The van der Waals surface area contributed by atoms with Gasteiger partial charge in [0.2, 0.25) is 5.91 Å². The number of aryl methyl sites for hydroxylation is 1. The first-order valence-electron chi connectivity index (χ1n) is 9.04. The number of hydrazine groups is 1. The van der Waals surface area contributed by atoms with Crippen LogP contribution in [-0.4, -0.2) is 22.0 Å². The van der Waals surface area contributed by atoms with E-state index >= 15 is 0 Å². The Labute approximate surface area is 153 Å². The average molecular weight is 359 g/mol. The fourth-order valence-corrected chi connectivity index (χ4v) is 3.71. The van der Waals surface area contributed by atoms with Gasteiger partial charge >= 0.3 is 0 Å². The fourth-order valence-electron chi connectivity index (χ4n) is 3.51. The Bertz CT molecular complexity index is 742. The second-order valence-electron chi connectivity index (χ2n) is 6.87. The van der Waals surface area contributed by atoms with Gasteiger partial charge in [-0.3, -0.25) is 15.6 Å². The number of hydrogen-bond acceptors (Lipinski definition) is 2. The Hall–Kier alpha value is -2.08. The van der Waals surface area contributed by atoms with Crippen molar-refractivity contribution in [1.82, 2.24) is 21.2 Å². The van der Waals surface area contributed by atoms with Crippen molar-refractivity contribution in [2.75, 3.05) is 0 Å². The highest BCUT2D eigenvalue weighted by Crippen LogP contribution is 2.23. The lowest BCUT2D eigenvalue weighted by molar-refractivity contribution is -0.121. The summed E-state index contributed by atoms with van der Waals surface area (Å²) in [6, 6.07) is 8.52. The normalized spacial score (nSPS) is 20.2. The molecular weight excluding hydrogens is 332 g/mol. The molecule has 134 valence electrons. The van der Waals surface area contributed by atoms with E-state index < -0.39 is 0 Å². The zero-order valence-electron chi connectivity index (χ0n) is 14.6. The molecule has 6 heteroatoms. The molecule has 3 rings (SSSR count). The largest absolute Gasteiger partial charge is 0.361 e. The summed E-state index contributed by atoms with van der Waals surface area (Å²) in [5.41, 5.74) is 7.78. The fraction of sp³-hybridized carbons (Fsp3) is 0.474. The molecule has 1 aliphatic rings. The molecule has 0 unspecified atom stereocenters. The van der Waals surface area contributed by atoms with E-state index in [1.54, 1.807) is 0 Å². The second kappa shape index (κ2) is 8.34. The van der Waals surface area contributed by atoms with Crippen molar-refractivity contribution >= 4 is 34.1 Å². The van der Waals surface area contributed by atoms with Crippen molar-refractivity contribution < 1.29 is 4.79 Å². The van der Waals surface area contributed by atoms with Crippen LogP contribution < -0.4 is 16.2 Å². The van der Waals surface area contributed by atoms with Gasteiger partial charge in [0, 0.05) is 29.6 Å². The zero-order valence-corrected chi connectivity index (χ0v) is 15.4. The molecule has 1 saturated carbocycles. The van der Waals surface area contributed by atoms with Gasteiger partial charge in [-0.25, -0.2) is 0 Å². The van der Waals surface area contributed by atoms with Gasteiger partial charge in [0.1, 0.15) is 0 Å². The van der Waals surface area contributed by atoms with E-state index in [2.05, 4.69) is 34.1 Å². The van der Waals surface area contributed by atoms with Gasteiger partial charge in [-0.15, -0.1) is 0 Å². The Balaban J connectivity index is 1.41. The molecule has 1 aromatic carbocycles. The molecule has 0 bridgehead atoms. The van der Waals surface area contributed by atoms with Gasteiger partial charge in [-0.05, 0) is 49.0 Å². The number of H-pyrrole nitrogens is 1. The van der Waals surface area contributed by atoms with E-state index in [-0.39, 0.29) is 5.91 Å². The number of carbonyl (C=O) groups excluding carboxylic acids is 1. The quantitative estimate of drug-likeness (QED) is 0.501.